The molecular weight excluding hydrogens is 528 g/mol. The number of phenolic OH excluding ortho intramolecular Hbond substituents is 1. The van der Waals surface area contributed by atoms with Gasteiger partial charge in [0.25, 0.3) is 0 Å². The molecule has 0 fully saturated rings. The zero-order valence-electron chi connectivity index (χ0n) is 21.9. The maximum absolute atomic E-state index is 10.2. The number of hydrogen-bond acceptors (Lipinski definition) is 10. The van der Waals surface area contributed by atoms with E-state index >= 15 is 0 Å². The molecule has 3 aromatic carbocycles. The molecule has 40 heavy (non-hydrogen) atoms. The highest BCUT2D eigenvalue weighted by Gasteiger charge is 2.15. The van der Waals surface area contributed by atoms with Crippen LogP contribution in [0.4, 0.5) is 11.6 Å². The second-order valence-corrected chi connectivity index (χ2v) is 9.37. The lowest BCUT2D eigenvalue weighted by molar-refractivity contribution is 0.201. The molecular formula is C29H29ClN8O2. The number of nitrogens with zero attached hydrogens (tertiary/aromatic N) is 4. The number of rotatable bonds is 11. The van der Waals surface area contributed by atoms with Crippen LogP contribution in [-0.2, 0) is 0 Å². The largest absolute Gasteiger partial charge is 0.507 e. The van der Waals surface area contributed by atoms with Gasteiger partial charge in [-0.1, -0.05) is 35.9 Å². The van der Waals surface area contributed by atoms with Crippen molar-refractivity contribution in [2.45, 2.75) is 6.92 Å². The highest BCUT2D eigenvalue weighted by atomic mass is 35.5. The Labute approximate surface area is 236 Å². The standard InChI is InChI=1S/C29H29ClN8O2/c1-18-5-4-7-21-26(18)37-29(38-27(21)34-14-12-31)20-6-2-3-8-24(20)40-35-16-15-32-25-11-13-33-28(36-25)22-17-19(30)9-10-23(22)39/h2-11,13,17,35,39H,12,14-16,31H2,1H3,(H,32,33,36)(H,34,37,38). The number of halogens is 1. The number of anilines is 2. The zero-order chi connectivity index (χ0) is 27.9. The van der Waals surface area contributed by atoms with Gasteiger partial charge in [-0.05, 0) is 55.0 Å². The van der Waals surface area contributed by atoms with Crippen LogP contribution in [-0.4, -0.2) is 51.2 Å². The SMILES string of the molecule is Cc1cccc2c(NCCN)nc(-c3ccccc3ONCCNc3ccnc(-c4cc(Cl)ccc4O)n3)nc12. The van der Waals surface area contributed by atoms with Crippen LogP contribution in [0.2, 0.25) is 5.02 Å². The smallest absolute Gasteiger partial charge is 0.165 e. The number of nitrogens with two attached hydrogens (primary N) is 1. The molecule has 204 valence electrons. The first-order valence-corrected chi connectivity index (χ1v) is 13.2. The number of phenols is 1. The van der Waals surface area contributed by atoms with E-state index in [2.05, 4.69) is 26.1 Å². The monoisotopic (exact) mass is 556 g/mol. The van der Waals surface area contributed by atoms with Gasteiger partial charge in [0, 0.05) is 42.8 Å². The summed E-state index contributed by atoms with van der Waals surface area (Å²) in [6.45, 7) is 4.10. The van der Waals surface area contributed by atoms with Gasteiger partial charge < -0.3 is 26.3 Å². The summed E-state index contributed by atoms with van der Waals surface area (Å²) in [5, 5.41) is 18.1. The lowest BCUT2D eigenvalue weighted by Gasteiger charge is -2.14. The molecule has 10 nitrogen and oxygen atoms in total. The van der Waals surface area contributed by atoms with Crippen molar-refractivity contribution in [3.05, 3.63) is 83.5 Å². The molecule has 0 aliphatic rings. The van der Waals surface area contributed by atoms with Gasteiger partial charge in [-0.25, -0.2) is 19.9 Å². The predicted octanol–water partition coefficient (Wildman–Crippen LogP) is 4.79. The summed E-state index contributed by atoms with van der Waals surface area (Å²) in [4.78, 5) is 24.3. The Morgan fingerprint density at radius 3 is 2.62 bits per heavy atom. The summed E-state index contributed by atoms with van der Waals surface area (Å²) in [6.07, 6.45) is 1.62. The van der Waals surface area contributed by atoms with E-state index < -0.39 is 0 Å². The van der Waals surface area contributed by atoms with Crippen LogP contribution in [0, 0.1) is 6.92 Å². The van der Waals surface area contributed by atoms with E-state index in [9.17, 15) is 5.11 Å². The number of para-hydroxylation sites is 2. The van der Waals surface area contributed by atoms with Crippen molar-refractivity contribution < 1.29 is 9.94 Å². The summed E-state index contributed by atoms with van der Waals surface area (Å²) in [5.74, 6) is 2.91. The first kappa shape index (κ1) is 27.1. The molecule has 0 aliphatic carbocycles. The number of aromatic hydroxyl groups is 1. The minimum Gasteiger partial charge on any atom is -0.507 e. The summed E-state index contributed by atoms with van der Waals surface area (Å²) < 4.78 is 0. The highest BCUT2D eigenvalue weighted by molar-refractivity contribution is 6.30. The fourth-order valence-corrected chi connectivity index (χ4v) is 4.30. The minimum atomic E-state index is 0.0584. The quantitative estimate of drug-likeness (QED) is 0.114. The van der Waals surface area contributed by atoms with Gasteiger partial charge in [0.15, 0.2) is 17.4 Å². The molecule has 0 bridgehead atoms. The topological polar surface area (TPSA) is 143 Å². The maximum atomic E-state index is 10.2. The summed E-state index contributed by atoms with van der Waals surface area (Å²) in [7, 11) is 0. The third kappa shape index (κ3) is 6.20. The second kappa shape index (κ2) is 12.6. The molecule has 6 N–H and O–H groups in total. The van der Waals surface area contributed by atoms with Crippen LogP contribution in [0.3, 0.4) is 0 Å². The zero-order valence-corrected chi connectivity index (χ0v) is 22.6. The van der Waals surface area contributed by atoms with Gasteiger partial charge in [0.2, 0.25) is 0 Å². The maximum Gasteiger partial charge on any atom is 0.165 e. The van der Waals surface area contributed by atoms with Gasteiger partial charge >= 0.3 is 0 Å². The lowest BCUT2D eigenvalue weighted by atomic mass is 10.1. The average molecular weight is 557 g/mol. The third-order valence-corrected chi connectivity index (χ3v) is 6.30. The molecule has 5 rings (SSSR count). The Balaban J connectivity index is 1.26. The first-order chi connectivity index (χ1) is 19.5. The summed E-state index contributed by atoms with van der Waals surface area (Å²) in [5.41, 5.74) is 11.9. The van der Waals surface area contributed by atoms with E-state index in [0.29, 0.717) is 60.0 Å². The van der Waals surface area contributed by atoms with Crippen molar-refractivity contribution in [2.24, 2.45) is 5.73 Å². The van der Waals surface area contributed by atoms with E-state index in [-0.39, 0.29) is 5.75 Å². The Bertz CT molecular complexity index is 1630. The first-order valence-electron chi connectivity index (χ1n) is 12.8. The van der Waals surface area contributed by atoms with Gasteiger partial charge in [-0.3, -0.25) is 0 Å². The molecule has 0 unspecified atom stereocenters. The van der Waals surface area contributed by atoms with Crippen LogP contribution < -0.4 is 26.7 Å². The average Bonchev–Trinajstić information content (AvgIpc) is 2.97. The molecule has 0 amide bonds. The van der Waals surface area contributed by atoms with Crippen LogP contribution in [0.25, 0.3) is 33.7 Å². The number of benzene rings is 3. The molecule has 2 aromatic heterocycles. The Hall–Kier alpha value is -4.51. The Morgan fingerprint density at radius 2 is 1.75 bits per heavy atom. The van der Waals surface area contributed by atoms with Crippen LogP contribution in [0.15, 0.2) is 72.9 Å². The Kier molecular flexibility index (Phi) is 8.50. The molecule has 5 aromatic rings. The predicted molar refractivity (Wildman–Crippen MR) is 159 cm³/mol. The van der Waals surface area contributed by atoms with Crippen molar-refractivity contribution in [2.75, 3.05) is 36.8 Å². The fourth-order valence-electron chi connectivity index (χ4n) is 4.13. The van der Waals surface area contributed by atoms with E-state index in [4.69, 9.17) is 32.1 Å². The lowest BCUT2D eigenvalue weighted by Crippen LogP contribution is -2.26. The van der Waals surface area contributed by atoms with Crippen molar-refractivity contribution >= 4 is 34.1 Å². The molecule has 0 radical (unpaired) electrons. The molecule has 0 aliphatic heterocycles. The van der Waals surface area contributed by atoms with Crippen molar-refractivity contribution in [1.82, 2.24) is 25.4 Å². The fraction of sp³-hybridized carbons (Fsp3) is 0.172. The van der Waals surface area contributed by atoms with Crippen molar-refractivity contribution in [3.8, 4) is 34.3 Å². The normalized spacial score (nSPS) is 11.0. The van der Waals surface area contributed by atoms with E-state index in [0.717, 1.165) is 27.8 Å². The van der Waals surface area contributed by atoms with Gasteiger partial charge in [-0.2, -0.15) is 5.48 Å². The molecule has 0 spiro atoms. The van der Waals surface area contributed by atoms with Gasteiger partial charge in [0.05, 0.1) is 16.6 Å². The Morgan fingerprint density at radius 1 is 0.875 bits per heavy atom. The second-order valence-electron chi connectivity index (χ2n) is 8.93. The molecule has 2 heterocycles. The van der Waals surface area contributed by atoms with Crippen molar-refractivity contribution in [1.29, 1.82) is 0 Å². The number of hydroxylamine groups is 1. The van der Waals surface area contributed by atoms with Crippen LogP contribution in [0.5, 0.6) is 11.5 Å². The van der Waals surface area contributed by atoms with E-state index in [1.54, 1.807) is 24.4 Å². The van der Waals surface area contributed by atoms with Crippen LogP contribution >= 0.6 is 11.6 Å². The number of aryl methyl sites for hydroxylation is 1. The summed E-state index contributed by atoms with van der Waals surface area (Å²) >= 11 is 6.07. The molecule has 0 saturated heterocycles. The molecule has 0 atom stereocenters. The number of fused-ring (bicyclic) bond motifs is 1. The van der Waals surface area contributed by atoms with E-state index in [1.165, 1.54) is 6.07 Å². The van der Waals surface area contributed by atoms with Crippen molar-refractivity contribution in [3.63, 3.8) is 0 Å². The number of aromatic nitrogens is 4. The highest BCUT2D eigenvalue weighted by Crippen LogP contribution is 2.32. The minimum absolute atomic E-state index is 0.0584. The molecule has 11 heteroatoms. The molecule has 0 saturated carbocycles. The number of hydrogen-bond donors (Lipinski definition) is 5. The van der Waals surface area contributed by atoms with Gasteiger partial charge in [0.1, 0.15) is 17.4 Å². The van der Waals surface area contributed by atoms with Gasteiger partial charge in [-0.15, -0.1) is 0 Å². The third-order valence-electron chi connectivity index (χ3n) is 6.06. The number of nitrogens with one attached hydrogen (secondary N) is 3. The summed E-state index contributed by atoms with van der Waals surface area (Å²) in [6, 6.07) is 20.1. The van der Waals surface area contributed by atoms with E-state index in [1.807, 2.05) is 49.4 Å². The van der Waals surface area contributed by atoms with Crippen LogP contribution in [0.1, 0.15) is 5.56 Å².